The third-order valence-electron chi connectivity index (χ3n) is 6.71. The molecule has 1 aliphatic carbocycles. The number of rotatable bonds is 14. The molecule has 2 heterocycles. The average molecular weight is 652 g/mol. The Morgan fingerprint density at radius 1 is 1.26 bits per heavy atom. The van der Waals surface area contributed by atoms with E-state index in [4.69, 9.17) is 37.4 Å². The number of thioether (sulfide) groups is 1. The van der Waals surface area contributed by atoms with Gasteiger partial charge in [0, 0.05) is 53.8 Å². The van der Waals surface area contributed by atoms with Gasteiger partial charge in [-0.05, 0) is 49.7 Å². The number of alkyl halides is 2. The largest absolute Gasteiger partial charge is 0.464 e. The molecule has 11 heteroatoms. The van der Waals surface area contributed by atoms with Gasteiger partial charge in [0.2, 0.25) is 0 Å². The molecule has 0 aromatic carbocycles. The molecule has 2 aliphatic rings. The summed E-state index contributed by atoms with van der Waals surface area (Å²) < 4.78 is 15.8. The molecule has 38 heavy (non-hydrogen) atoms. The lowest BCUT2D eigenvalue weighted by atomic mass is 9.94. The number of carbonyl (C=O) groups is 2. The molecule has 4 atom stereocenters. The third-order valence-corrected chi connectivity index (χ3v) is 9.90. The van der Waals surface area contributed by atoms with Crippen molar-refractivity contribution in [1.29, 1.82) is 0 Å². The molecule has 0 N–H and O–H groups in total. The first-order valence-corrected chi connectivity index (χ1v) is 15.8. The van der Waals surface area contributed by atoms with E-state index in [9.17, 15) is 9.59 Å². The van der Waals surface area contributed by atoms with Gasteiger partial charge in [0.05, 0.1) is 18.9 Å². The predicted molar refractivity (Wildman–Crippen MR) is 155 cm³/mol. The van der Waals surface area contributed by atoms with Crippen molar-refractivity contribution in [2.75, 3.05) is 45.2 Å². The van der Waals surface area contributed by atoms with Crippen molar-refractivity contribution < 1.29 is 23.8 Å². The lowest BCUT2D eigenvalue weighted by Gasteiger charge is -2.26. The molecule has 212 valence electrons. The van der Waals surface area contributed by atoms with Gasteiger partial charge in [-0.2, -0.15) is 0 Å². The molecule has 7 nitrogen and oxygen atoms in total. The van der Waals surface area contributed by atoms with Crippen molar-refractivity contribution in [3.8, 4) is 0 Å². The molecule has 0 radical (unpaired) electrons. The van der Waals surface area contributed by atoms with Crippen LogP contribution in [0.5, 0.6) is 0 Å². The van der Waals surface area contributed by atoms with Crippen LogP contribution in [-0.4, -0.2) is 77.2 Å². The Morgan fingerprint density at radius 3 is 2.82 bits per heavy atom. The Hall–Kier alpha value is -0.840. The molecule has 1 saturated heterocycles. The van der Waals surface area contributed by atoms with Crippen molar-refractivity contribution in [2.24, 2.45) is 11.8 Å². The minimum Gasteiger partial charge on any atom is -0.464 e. The topological polar surface area (TPSA) is 78.0 Å². The fourth-order valence-corrected chi connectivity index (χ4v) is 7.56. The van der Waals surface area contributed by atoms with E-state index in [-0.39, 0.29) is 28.7 Å². The number of ether oxygens (including phenoxy) is 3. The summed E-state index contributed by atoms with van der Waals surface area (Å²) in [5.41, 5.74) is 0.628. The molecular weight excluding hydrogens is 615 g/mol. The number of unbranched alkanes of at least 4 members (excludes halogenated alkanes) is 1. The second-order valence-corrected chi connectivity index (χ2v) is 12.8. The summed E-state index contributed by atoms with van der Waals surface area (Å²) in [5.74, 6) is 1.18. The molecule has 0 spiro atoms. The molecule has 1 saturated carbocycles. The second-order valence-electron chi connectivity index (χ2n) is 9.60. The van der Waals surface area contributed by atoms with Gasteiger partial charge in [-0.1, -0.05) is 39.7 Å². The predicted octanol–water partition coefficient (Wildman–Crippen LogP) is 5.89. The van der Waals surface area contributed by atoms with Crippen LogP contribution in [0.1, 0.15) is 44.7 Å². The van der Waals surface area contributed by atoms with E-state index in [2.05, 4.69) is 38.0 Å². The monoisotopic (exact) mass is 650 g/mol. The van der Waals surface area contributed by atoms with Gasteiger partial charge in [0.1, 0.15) is 18.4 Å². The van der Waals surface area contributed by atoms with E-state index < -0.39 is 0 Å². The van der Waals surface area contributed by atoms with Crippen molar-refractivity contribution in [3.63, 3.8) is 0 Å². The number of halogens is 3. The highest BCUT2D eigenvalue weighted by Crippen LogP contribution is 2.44. The van der Waals surface area contributed by atoms with Crippen molar-refractivity contribution in [1.82, 2.24) is 9.88 Å². The Labute approximate surface area is 248 Å². The summed E-state index contributed by atoms with van der Waals surface area (Å²) in [6.45, 7) is 6.00. The number of allylic oxidation sites excluding steroid dienone is 2. The summed E-state index contributed by atoms with van der Waals surface area (Å²) in [6, 6.07) is 3.74. The zero-order chi connectivity index (χ0) is 27.3. The maximum absolute atomic E-state index is 12.0. The zero-order valence-electron chi connectivity index (χ0n) is 21.8. The van der Waals surface area contributed by atoms with Gasteiger partial charge in [-0.25, -0.2) is 4.98 Å². The summed E-state index contributed by atoms with van der Waals surface area (Å²) in [4.78, 5) is 30.9. The van der Waals surface area contributed by atoms with E-state index in [0.717, 1.165) is 69.2 Å². The lowest BCUT2D eigenvalue weighted by Crippen LogP contribution is -2.38. The molecule has 0 bridgehead atoms. The average Bonchev–Trinajstić information content (AvgIpc) is 3.16. The van der Waals surface area contributed by atoms with Crippen LogP contribution >= 0.6 is 50.9 Å². The molecule has 2 fully saturated rings. The fraction of sp³-hybridized carbons (Fsp3) is 0.667. The van der Waals surface area contributed by atoms with Crippen LogP contribution in [0.25, 0.3) is 0 Å². The number of carbonyl (C=O) groups excluding carboxylic acids is 2. The number of morpholine rings is 1. The minimum absolute atomic E-state index is 0.0472. The third kappa shape index (κ3) is 11.3. The normalized spacial score (nSPS) is 24.1. The van der Waals surface area contributed by atoms with Crippen LogP contribution in [-0.2, 0) is 30.4 Å². The molecule has 1 aromatic rings. The van der Waals surface area contributed by atoms with Crippen molar-refractivity contribution in [2.45, 2.75) is 60.7 Å². The van der Waals surface area contributed by atoms with Crippen LogP contribution < -0.4 is 0 Å². The summed E-state index contributed by atoms with van der Waals surface area (Å²) in [5, 5.41) is 0.427. The van der Waals surface area contributed by atoms with Gasteiger partial charge in [0.15, 0.2) is 0 Å². The lowest BCUT2D eigenvalue weighted by molar-refractivity contribution is -0.144. The van der Waals surface area contributed by atoms with E-state index in [0.29, 0.717) is 35.7 Å². The SMILES string of the molecule is CC(=O)OCc1cc(SC[C@H]2C(Cl)C(Br)C[C@@H]2C/C=C\CCCC(=O)OCCN2CCOCC2)cc(Cl)n1. The standard InChI is InChI=1S/C27H37BrCl2N2O5S/c1-19(33)37-17-21-15-22(16-25(29)31-21)38-18-23-20(14-24(28)27(23)30)6-4-2-3-5-7-26(34)36-13-10-32-8-11-35-12-9-32/h2,4,15-16,20,23-24,27H,3,5-14,17-18H2,1H3/b4-2-/t20-,23+,24?,27?/m0/s1. The Morgan fingerprint density at radius 2 is 2.05 bits per heavy atom. The first-order valence-electron chi connectivity index (χ1n) is 13.1. The Balaban J connectivity index is 1.36. The Kier molecular flexibility index (Phi) is 14.2. The molecular formula is C27H37BrCl2N2O5S. The summed E-state index contributed by atoms with van der Waals surface area (Å²) in [6.07, 6.45) is 8.45. The molecule has 1 aromatic heterocycles. The molecule has 3 rings (SSSR count). The van der Waals surface area contributed by atoms with Crippen LogP contribution in [0.2, 0.25) is 5.15 Å². The van der Waals surface area contributed by atoms with E-state index >= 15 is 0 Å². The maximum Gasteiger partial charge on any atom is 0.305 e. The highest BCUT2D eigenvalue weighted by Gasteiger charge is 2.40. The number of aromatic nitrogens is 1. The van der Waals surface area contributed by atoms with E-state index in [1.807, 2.05) is 12.1 Å². The van der Waals surface area contributed by atoms with Gasteiger partial charge in [-0.15, -0.1) is 23.4 Å². The fourth-order valence-electron chi connectivity index (χ4n) is 4.61. The summed E-state index contributed by atoms with van der Waals surface area (Å²) in [7, 11) is 0. The Bertz CT molecular complexity index is 935. The maximum atomic E-state index is 12.0. The van der Waals surface area contributed by atoms with E-state index in [1.54, 1.807) is 11.8 Å². The number of hydrogen-bond donors (Lipinski definition) is 0. The van der Waals surface area contributed by atoms with Gasteiger partial charge >= 0.3 is 11.9 Å². The molecule has 2 unspecified atom stereocenters. The van der Waals surface area contributed by atoms with Gasteiger partial charge in [0.25, 0.3) is 0 Å². The minimum atomic E-state index is -0.351. The molecule has 1 aliphatic heterocycles. The summed E-state index contributed by atoms with van der Waals surface area (Å²) >= 11 is 18.4. The van der Waals surface area contributed by atoms with Gasteiger partial charge < -0.3 is 14.2 Å². The van der Waals surface area contributed by atoms with Crippen LogP contribution in [0.3, 0.4) is 0 Å². The number of pyridine rings is 1. The highest BCUT2D eigenvalue weighted by atomic mass is 79.9. The van der Waals surface area contributed by atoms with Crippen molar-refractivity contribution in [3.05, 3.63) is 35.1 Å². The second kappa shape index (κ2) is 17.1. The van der Waals surface area contributed by atoms with Crippen LogP contribution in [0, 0.1) is 11.8 Å². The first kappa shape index (κ1) is 31.7. The van der Waals surface area contributed by atoms with Gasteiger partial charge in [-0.3, -0.25) is 14.5 Å². The zero-order valence-corrected chi connectivity index (χ0v) is 25.7. The number of hydrogen-bond acceptors (Lipinski definition) is 8. The first-order chi connectivity index (χ1) is 18.3. The van der Waals surface area contributed by atoms with Crippen LogP contribution in [0.4, 0.5) is 0 Å². The van der Waals surface area contributed by atoms with Crippen molar-refractivity contribution >= 4 is 62.8 Å². The quantitative estimate of drug-likeness (QED) is 0.0616. The highest BCUT2D eigenvalue weighted by molar-refractivity contribution is 9.09. The van der Waals surface area contributed by atoms with E-state index in [1.165, 1.54) is 6.92 Å². The number of nitrogens with zero attached hydrogens (tertiary/aromatic N) is 2. The van der Waals surface area contributed by atoms with Crippen LogP contribution in [0.15, 0.2) is 29.2 Å². The smallest absolute Gasteiger partial charge is 0.305 e. The number of esters is 2. The molecule has 0 amide bonds.